The van der Waals surface area contributed by atoms with Gasteiger partial charge in [-0.25, -0.2) is 0 Å². The quantitative estimate of drug-likeness (QED) is 0.586. The Balaban J connectivity index is 1.39. The molecule has 150 valence electrons. The summed E-state index contributed by atoms with van der Waals surface area (Å²) in [5.41, 5.74) is 1.82. The van der Waals surface area contributed by atoms with Crippen molar-refractivity contribution in [1.29, 1.82) is 0 Å². The van der Waals surface area contributed by atoms with Gasteiger partial charge < -0.3 is 15.7 Å². The summed E-state index contributed by atoms with van der Waals surface area (Å²) in [5, 5.41) is 23.8. The molecule has 3 N–H and O–H groups in total. The SMILES string of the molecule is Cc1cn(CCNC(=O)[C@H]2C[C@H](NC(=O)CCc3cccnc3)[C@@H](O)C2)nn1. The van der Waals surface area contributed by atoms with Gasteiger partial charge in [0.25, 0.3) is 0 Å². The molecule has 0 saturated heterocycles. The van der Waals surface area contributed by atoms with Crippen molar-refractivity contribution in [1.82, 2.24) is 30.6 Å². The predicted molar refractivity (Wildman–Crippen MR) is 101 cm³/mol. The Labute approximate surface area is 163 Å². The molecule has 0 bridgehead atoms. The first-order valence-electron chi connectivity index (χ1n) is 9.52. The number of hydrogen-bond acceptors (Lipinski definition) is 6. The van der Waals surface area contributed by atoms with E-state index in [1.54, 1.807) is 17.1 Å². The van der Waals surface area contributed by atoms with Crippen LogP contribution in [0.3, 0.4) is 0 Å². The molecule has 2 aromatic heterocycles. The van der Waals surface area contributed by atoms with Crippen molar-refractivity contribution >= 4 is 11.8 Å². The van der Waals surface area contributed by atoms with Crippen LogP contribution in [0.25, 0.3) is 0 Å². The third-order valence-electron chi connectivity index (χ3n) is 4.90. The van der Waals surface area contributed by atoms with Gasteiger partial charge in [0.15, 0.2) is 0 Å². The highest BCUT2D eigenvalue weighted by molar-refractivity contribution is 5.80. The molecule has 1 aliphatic rings. The molecule has 2 aromatic rings. The summed E-state index contributed by atoms with van der Waals surface area (Å²) in [4.78, 5) is 28.5. The van der Waals surface area contributed by atoms with Gasteiger partial charge >= 0.3 is 0 Å². The van der Waals surface area contributed by atoms with E-state index in [0.29, 0.717) is 38.8 Å². The Hall–Kier alpha value is -2.81. The van der Waals surface area contributed by atoms with Gasteiger partial charge in [0.1, 0.15) is 0 Å². The number of rotatable bonds is 8. The molecule has 2 heterocycles. The predicted octanol–water partition coefficient (Wildman–Crippen LogP) is -0.0138. The van der Waals surface area contributed by atoms with Crippen LogP contribution in [0.2, 0.25) is 0 Å². The van der Waals surface area contributed by atoms with E-state index in [9.17, 15) is 14.7 Å². The fraction of sp³-hybridized carbons (Fsp3) is 0.526. The summed E-state index contributed by atoms with van der Waals surface area (Å²) in [6, 6.07) is 3.36. The van der Waals surface area contributed by atoms with Gasteiger partial charge in [-0.1, -0.05) is 11.3 Å². The Morgan fingerprint density at radius 1 is 1.36 bits per heavy atom. The lowest BCUT2D eigenvalue weighted by molar-refractivity contribution is -0.125. The third kappa shape index (κ3) is 5.59. The van der Waals surface area contributed by atoms with Gasteiger partial charge in [-0.05, 0) is 37.8 Å². The second-order valence-corrected chi connectivity index (χ2v) is 7.18. The molecule has 0 aliphatic heterocycles. The molecule has 2 amide bonds. The monoisotopic (exact) mass is 386 g/mol. The molecule has 1 aliphatic carbocycles. The largest absolute Gasteiger partial charge is 0.391 e. The van der Waals surface area contributed by atoms with Crippen molar-refractivity contribution in [3.8, 4) is 0 Å². The van der Waals surface area contributed by atoms with Crippen LogP contribution in [0.1, 0.15) is 30.5 Å². The zero-order valence-electron chi connectivity index (χ0n) is 15.9. The van der Waals surface area contributed by atoms with Crippen molar-refractivity contribution in [2.24, 2.45) is 5.92 Å². The lowest BCUT2D eigenvalue weighted by Crippen LogP contribution is -2.40. The van der Waals surface area contributed by atoms with Crippen molar-refractivity contribution in [3.05, 3.63) is 42.0 Å². The van der Waals surface area contributed by atoms with E-state index >= 15 is 0 Å². The molecular weight excluding hydrogens is 360 g/mol. The zero-order chi connectivity index (χ0) is 19.9. The topological polar surface area (TPSA) is 122 Å². The fourth-order valence-electron chi connectivity index (χ4n) is 3.41. The minimum absolute atomic E-state index is 0.108. The molecule has 0 unspecified atom stereocenters. The molecule has 1 saturated carbocycles. The summed E-state index contributed by atoms with van der Waals surface area (Å²) in [5.74, 6) is -0.547. The van der Waals surface area contributed by atoms with E-state index in [1.807, 2.05) is 25.3 Å². The van der Waals surface area contributed by atoms with Gasteiger partial charge in [0.2, 0.25) is 11.8 Å². The van der Waals surface area contributed by atoms with Crippen LogP contribution in [0, 0.1) is 12.8 Å². The Bertz CT molecular complexity index is 794. The molecule has 0 spiro atoms. The van der Waals surface area contributed by atoms with Crippen LogP contribution in [-0.2, 0) is 22.6 Å². The van der Waals surface area contributed by atoms with E-state index in [4.69, 9.17) is 0 Å². The van der Waals surface area contributed by atoms with Crippen LogP contribution in [-0.4, -0.2) is 55.6 Å². The van der Waals surface area contributed by atoms with Crippen molar-refractivity contribution in [3.63, 3.8) is 0 Å². The van der Waals surface area contributed by atoms with Crippen LogP contribution in [0.4, 0.5) is 0 Å². The minimum atomic E-state index is -0.712. The summed E-state index contributed by atoms with van der Waals surface area (Å²) >= 11 is 0. The van der Waals surface area contributed by atoms with Crippen molar-refractivity contribution in [2.45, 2.75) is 51.3 Å². The Morgan fingerprint density at radius 2 is 2.21 bits per heavy atom. The molecule has 1 fully saturated rings. The number of carbonyl (C=O) groups is 2. The molecule has 0 aromatic carbocycles. The van der Waals surface area contributed by atoms with Gasteiger partial charge in [0, 0.05) is 37.5 Å². The fourth-order valence-corrected chi connectivity index (χ4v) is 3.41. The first-order chi connectivity index (χ1) is 13.5. The summed E-state index contributed by atoms with van der Waals surface area (Å²) in [6.07, 6.45) is 6.22. The van der Waals surface area contributed by atoms with Crippen LogP contribution >= 0.6 is 0 Å². The summed E-state index contributed by atoms with van der Waals surface area (Å²) < 4.78 is 1.67. The molecule has 28 heavy (non-hydrogen) atoms. The second kappa shape index (κ2) is 9.41. The number of amides is 2. The minimum Gasteiger partial charge on any atom is -0.391 e. The first kappa shape index (κ1) is 19.9. The zero-order valence-corrected chi connectivity index (χ0v) is 15.9. The number of hydrogen-bond donors (Lipinski definition) is 3. The number of nitrogens with one attached hydrogen (secondary N) is 2. The van der Waals surface area contributed by atoms with E-state index < -0.39 is 12.1 Å². The lowest BCUT2D eigenvalue weighted by atomic mass is 10.1. The number of aromatic nitrogens is 4. The van der Waals surface area contributed by atoms with Crippen molar-refractivity contribution in [2.75, 3.05) is 6.54 Å². The highest BCUT2D eigenvalue weighted by Gasteiger charge is 2.37. The second-order valence-electron chi connectivity index (χ2n) is 7.18. The maximum Gasteiger partial charge on any atom is 0.223 e. The number of aryl methyl sites for hydroxylation is 2. The maximum atomic E-state index is 12.3. The molecular formula is C19H26N6O3. The van der Waals surface area contributed by atoms with Gasteiger partial charge in [-0.2, -0.15) is 0 Å². The van der Waals surface area contributed by atoms with Crippen LogP contribution < -0.4 is 10.6 Å². The van der Waals surface area contributed by atoms with E-state index in [0.717, 1.165) is 11.3 Å². The normalized spacial score (nSPS) is 21.4. The number of aliphatic hydroxyl groups excluding tert-OH is 1. The van der Waals surface area contributed by atoms with Gasteiger partial charge in [-0.3, -0.25) is 19.3 Å². The molecule has 0 radical (unpaired) electrons. The Morgan fingerprint density at radius 3 is 2.93 bits per heavy atom. The maximum absolute atomic E-state index is 12.3. The molecule has 3 rings (SSSR count). The molecule has 3 atom stereocenters. The number of pyridine rings is 1. The average Bonchev–Trinajstić information content (AvgIpc) is 3.26. The number of aliphatic hydroxyl groups is 1. The van der Waals surface area contributed by atoms with E-state index in [-0.39, 0.29) is 17.7 Å². The first-order valence-corrected chi connectivity index (χ1v) is 9.52. The number of nitrogens with zero attached hydrogens (tertiary/aromatic N) is 4. The molecule has 9 nitrogen and oxygen atoms in total. The summed E-state index contributed by atoms with van der Waals surface area (Å²) in [7, 11) is 0. The highest BCUT2D eigenvalue weighted by Crippen LogP contribution is 2.26. The van der Waals surface area contributed by atoms with Crippen LogP contribution in [0.15, 0.2) is 30.7 Å². The van der Waals surface area contributed by atoms with E-state index in [1.165, 1.54) is 0 Å². The van der Waals surface area contributed by atoms with Gasteiger partial charge in [0.05, 0.1) is 24.4 Å². The molecule has 9 heteroatoms. The van der Waals surface area contributed by atoms with E-state index in [2.05, 4.69) is 25.9 Å². The lowest BCUT2D eigenvalue weighted by Gasteiger charge is -2.16. The number of carbonyl (C=O) groups excluding carboxylic acids is 2. The van der Waals surface area contributed by atoms with Gasteiger partial charge in [-0.15, -0.1) is 5.10 Å². The Kier molecular flexibility index (Phi) is 6.70. The summed E-state index contributed by atoms with van der Waals surface area (Å²) in [6.45, 7) is 2.83. The standard InChI is InChI=1S/C19H26N6O3/c1-13-12-25(24-23-13)8-7-21-19(28)15-9-16(17(26)10-15)22-18(27)5-4-14-3-2-6-20-11-14/h2-3,6,11-12,15-17,26H,4-5,7-10H2,1H3,(H,21,28)(H,22,27)/t15-,16-,17-/m0/s1. The van der Waals surface area contributed by atoms with Crippen molar-refractivity contribution < 1.29 is 14.7 Å². The van der Waals surface area contributed by atoms with Crippen LogP contribution in [0.5, 0.6) is 0 Å². The average molecular weight is 386 g/mol. The highest BCUT2D eigenvalue weighted by atomic mass is 16.3. The smallest absolute Gasteiger partial charge is 0.223 e. The third-order valence-corrected chi connectivity index (χ3v) is 4.90.